The highest BCUT2D eigenvalue weighted by atomic mass is 31.2. The number of esters is 1. The molecule has 2 atom stereocenters. The molecule has 0 amide bonds. The molecule has 0 spiro atoms. The molecule has 1 fully saturated rings. The SMILES string of the molecule is CC(=O)OC1CCP(=O)(c2ccccc2)C1. The van der Waals surface area contributed by atoms with E-state index in [-0.39, 0.29) is 12.1 Å². The van der Waals surface area contributed by atoms with Crippen molar-refractivity contribution >= 4 is 18.4 Å². The lowest BCUT2D eigenvalue weighted by Crippen LogP contribution is -2.16. The maximum absolute atomic E-state index is 12.6. The van der Waals surface area contributed by atoms with E-state index in [0.717, 1.165) is 5.30 Å². The molecule has 1 aromatic carbocycles. The molecule has 0 radical (unpaired) electrons. The number of rotatable bonds is 2. The monoisotopic (exact) mass is 238 g/mol. The molecule has 2 rings (SSSR count). The highest BCUT2D eigenvalue weighted by Gasteiger charge is 2.36. The van der Waals surface area contributed by atoms with Gasteiger partial charge in [0.15, 0.2) is 0 Å². The molecule has 4 heteroatoms. The minimum Gasteiger partial charge on any atom is -0.462 e. The van der Waals surface area contributed by atoms with Crippen LogP contribution in [-0.4, -0.2) is 24.4 Å². The zero-order valence-corrected chi connectivity index (χ0v) is 10.2. The standard InChI is InChI=1S/C12H15O3P/c1-10(13)15-11-7-8-16(14,9-11)12-5-3-2-4-6-12/h2-6,11H,7-9H2,1H3. The van der Waals surface area contributed by atoms with Crippen LogP contribution in [0.1, 0.15) is 13.3 Å². The molecule has 1 aliphatic rings. The Morgan fingerprint density at radius 1 is 1.38 bits per heavy atom. The second kappa shape index (κ2) is 4.42. The van der Waals surface area contributed by atoms with Gasteiger partial charge in [0.25, 0.3) is 0 Å². The Labute approximate surface area is 95.2 Å². The van der Waals surface area contributed by atoms with Crippen LogP contribution in [0.4, 0.5) is 0 Å². The second-order valence-electron chi connectivity index (χ2n) is 4.15. The summed E-state index contributed by atoms with van der Waals surface area (Å²) in [5.74, 6) is -0.286. The summed E-state index contributed by atoms with van der Waals surface area (Å²) < 4.78 is 17.7. The van der Waals surface area contributed by atoms with E-state index in [4.69, 9.17) is 4.74 Å². The van der Waals surface area contributed by atoms with E-state index in [0.29, 0.717) is 18.7 Å². The number of carbonyl (C=O) groups is 1. The molecule has 3 nitrogen and oxygen atoms in total. The van der Waals surface area contributed by atoms with Gasteiger partial charge in [0.2, 0.25) is 0 Å². The first-order valence-corrected chi connectivity index (χ1v) is 7.49. The number of hydrogen-bond acceptors (Lipinski definition) is 3. The smallest absolute Gasteiger partial charge is 0.302 e. The quantitative estimate of drug-likeness (QED) is 0.584. The molecule has 1 saturated heterocycles. The van der Waals surface area contributed by atoms with E-state index in [9.17, 15) is 9.36 Å². The Balaban J connectivity index is 2.12. The van der Waals surface area contributed by atoms with Gasteiger partial charge in [-0.3, -0.25) is 4.79 Å². The molecule has 16 heavy (non-hydrogen) atoms. The molecule has 2 unspecified atom stereocenters. The van der Waals surface area contributed by atoms with Gasteiger partial charge in [-0.2, -0.15) is 0 Å². The Kier molecular flexibility index (Phi) is 3.15. The lowest BCUT2D eigenvalue weighted by atomic mass is 10.3. The Morgan fingerprint density at radius 3 is 2.69 bits per heavy atom. The maximum Gasteiger partial charge on any atom is 0.302 e. The van der Waals surface area contributed by atoms with Crippen LogP contribution >= 0.6 is 7.14 Å². The first-order chi connectivity index (χ1) is 7.60. The van der Waals surface area contributed by atoms with Crippen LogP contribution in [-0.2, 0) is 14.1 Å². The largest absolute Gasteiger partial charge is 0.462 e. The van der Waals surface area contributed by atoms with Crippen LogP contribution in [0.15, 0.2) is 30.3 Å². The van der Waals surface area contributed by atoms with Gasteiger partial charge in [0.05, 0.1) is 0 Å². The van der Waals surface area contributed by atoms with Crippen molar-refractivity contribution in [2.45, 2.75) is 19.4 Å². The number of ether oxygens (including phenoxy) is 1. The minimum atomic E-state index is -2.31. The molecule has 1 aromatic rings. The normalized spacial score (nSPS) is 28.9. The van der Waals surface area contributed by atoms with Gasteiger partial charge in [-0.05, 0) is 6.42 Å². The van der Waals surface area contributed by atoms with Crippen LogP contribution in [0.3, 0.4) is 0 Å². The summed E-state index contributed by atoms with van der Waals surface area (Å²) in [7, 11) is -2.31. The van der Waals surface area contributed by atoms with Crippen molar-refractivity contribution in [3.63, 3.8) is 0 Å². The van der Waals surface area contributed by atoms with Crippen molar-refractivity contribution in [1.82, 2.24) is 0 Å². The fourth-order valence-corrected chi connectivity index (χ4v) is 5.12. The fourth-order valence-electron chi connectivity index (χ4n) is 2.13. The molecule has 0 bridgehead atoms. The van der Waals surface area contributed by atoms with Crippen molar-refractivity contribution in [3.05, 3.63) is 30.3 Å². The van der Waals surface area contributed by atoms with Crippen LogP contribution in [0, 0.1) is 0 Å². The molecule has 1 heterocycles. The summed E-state index contributed by atoms with van der Waals surface area (Å²) in [6.45, 7) is 1.39. The van der Waals surface area contributed by atoms with Crippen LogP contribution in [0.2, 0.25) is 0 Å². The lowest BCUT2D eigenvalue weighted by Gasteiger charge is -2.12. The van der Waals surface area contributed by atoms with Crippen molar-refractivity contribution < 1.29 is 14.1 Å². The summed E-state index contributed by atoms with van der Waals surface area (Å²) in [5, 5.41) is 0.907. The number of hydrogen-bond donors (Lipinski definition) is 0. The third-order valence-corrected chi connectivity index (χ3v) is 6.09. The van der Waals surface area contributed by atoms with Crippen LogP contribution in [0.25, 0.3) is 0 Å². The van der Waals surface area contributed by atoms with Gasteiger partial charge in [-0.1, -0.05) is 30.3 Å². The van der Waals surface area contributed by atoms with Crippen LogP contribution < -0.4 is 5.30 Å². The maximum atomic E-state index is 12.6. The van der Waals surface area contributed by atoms with Gasteiger partial charge in [-0.15, -0.1) is 0 Å². The highest BCUT2D eigenvalue weighted by Crippen LogP contribution is 2.51. The summed E-state index contributed by atoms with van der Waals surface area (Å²) in [5.41, 5.74) is 0. The van der Waals surface area contributed by atoms with Gasteiger partial charge >= 0.3 is 5.97 Å². The fraction of sp³-hybridized carbons (Fsp3) is 0.417. The van der Waals surface area contributed by atoms with Gasteiger partial charge in [0, 0.05) is 24.6 Å². The first-order valence-electron chi connectivity index (χ1n) is 5.41. The zero-order chi connectivity index (χ0) is 11.6. The predicted octanol–water partition coefficient (Wildman–Crippen LogP) is 2.01. The topological polar surface area (TPSA) is 43.4 Å². The average molecular weight is 238 g/mol. The second-order valence-corrected chi connectivity index (χ2v) is 7.26. The van der Waals surface area contributed by atoms with Crippen molar-refractivity contribution in [2.75, 3.05) is 12.3 Å². The molecule has 0 N–H and O–H groups in total. The molecule has 1 aliphatic heterocycles. The minimum absolute atomic E-state index is 0.163. The van der Waals surface area contributed by atoms with Gasteiger partial charge < -0.3 is 9.30 Å². The third-order valence-electron chi connectivity index (χ3n) is 2.87. The number of benzene rings is 1. The highest BCUT2D eigenvalue weighted by molar-refractivity contribution is 7.71. The summed E-state index contributed by atoms with van der Waals surface area (Å²) >= 11 is 0. The van der Waals surface area contributed by atoms with Crippen molar-refractivity contribution in [3.8, 4) is 0 Å². The third kappa shape index (κ3) is 2.35. The Hall–Kier alpha value is -1.08. The molecular weight excluding hydrogens is 223 g/mol. The number of carbonyl (C=O) groups excluding carboxylic acids is 1. The molecule has 0 aromatic heterocycles. The Bertz CT molecular complexity index is 427. The lowest BCUT2D eigenvalue weighted by molar-refractivity contribution is -0.145. The van der Waals surface area contributed by atoms with Crippen molar-refractivity contribution in [2.24, 2.45) is 0 Å². The molecule has 0 aliphatic carbocycles. The first kappa shape index (κ1) is 11.4. The van der Waals surface area contributed by atoms with E-state index in [1.165, 1.54) is 6.92 Å². The summed E-state index contributed by atoms with van der Waals surface area (Å²) in [6, 6.07) is 9.51. The van der Waals surface area contributed by atoms with E-state index in [2.05, 4.69) is 0 Å². The average Bonchev–Trinajstić information content (AvgIpc) is 2.62. The Morgan fingerprint density at radius 2 is 2.06 bits per heavy atom. The zero-order valence-electron chi connectivity index (χ0n) is 9.26. The van der Waals surface area contributed by atoms with E-state index < -0.39 is 7.14 Å². The van der Waals surface area contributed by atoms with E-state index in [1.54, 1.807) is 0 Å². The van der Waals surface area contributed by atoms with Crippen molar-refractivity contribution in [1.29, 1.82) is 0 Å². The molecular formula is C12H15O3P. The van der Waals surface area contributed by atoms with E-state index in [1.807, 2.05) is 30.3 Å². The van der Waals surface area contributed by atoms with Crippen LogP contribution in [0.5, 0.6) is 0 Å². The summed E-state index contributed by atoms with van der Waals surface area (Å²) in [4.78, 5) is 10.8. The predicted molar refractivity (Wildman–Crippen MR) is 63.6 cm³/mol. The summed E-state index contributed by atoms with van der Waals surface area (Å²) in [6.07, 6.45) is 1.70. The molecule has 0 saturated carbocycles. The van der Waals surface area contributed by atoms with Gasteiger partial charge in [-0.25, -0.2) is 0 Å². The molecule has 86 valence electrons. The van der Waals surface area contributed by atoms with E-state index >= 15 is 0 Å². The van der Waals surface area contributed by atoms with Gasteiger partial charge in [0.1, 0.15) is 13.2 Å².